The van der Waals surface area contributed by atoms with Crippen LogP contribution in [0.25, 0.3) is 0 Å². The number of hydrogen-bond acceptors (Lipinski definition) is 19. The van der Waals surface area contributed by atoms with Gasteiger partial charge in [0.1, 0.15) is 61.8 Å². The lowest BCUT2D eigenvalue weighted by Gasteiger charge is -2.29. The summed E-state index contributed by atoms with van der Waals surface area (Å²) in [5.74, 6) is -4.17. The molecule has 0 unspecified atom stereocenters. The van der Waals surface area contributed by atoms with Crippen LogP contribution >= 0.6 is 0 Å². The van der Waals surface area contributed by atoms with Crippen LogP contribution < -0.4 is 21.3 Å². The number of carboxylic acid groups (broad SMARTS) is 1. The monoisotopic (exact) mass is 1290 g/mol. The number of ketones is 1. The number of Topliss-reactive ketones (excluding diaryl/α,β-unsaturated/α-hetero) is 1. The van der Waals surface area contributed by atoms with Gasteiger partial charge in [-0.05, 0) is 94.4 Å². The Labute approximate surface area is 538 Å². The summed E-state index contributed by atoms with van der Waals surface area (Å²) in [6.07, 6.45) is 16.1. The zero-order valence-corrected chi connectivity index (χ0v) is 57.1. The molecule has 5 N–H and O–H groups in total. The fourth-order valence-corrected chi connectivity index (χ4v) is 8.51. The maximum Gasteiger partial charge on any atom is 0.329 e. The van der Waals surface area contributed by atoms with E-state index in [0.29, 0.717) is 63.3 Å². The molecule has 0 saturated heterocycles. The van der Waals surface area contributed by atoms with Crippen LogP contribution in [0.2, 0.25) is 0 Å². The largest absolute Gasteiger partial charge is 0.480 e. The summed E-state index contributed by atoms with van der Waals surface area (Å²) in [5.41, 5.74) is -2.14. The predicted molar refractivity (Wildman–Crippen MR) is 339 cm³/mol. The Morgan fingerprint density at radius 1 is 0.367 bits per heavy atom. The summed E-state index contributed by atoms with van der Waals surface area (Å²) in [6.45, 7) is 20.5. The first-order valence-electron chi connectivity index (χ1n) is 32.9. The van der Waals surface area contributed by atoms with Crippen LogP contribution in [0.4, 0.5) is 0 Å². The first-order valence-corrected chi connectivity index (χ1v) is 32.9. The summed E-state index contributed by atoms with van der Waals surface area (Å²) in [7, 11) is 4.10. The molecule has 0 saturated carbocycles. The van der Waals surface area contributed by atoms with Crippen molar-refractivity contribution < 1.29 is 100 Å². The number of amides is 4. The second-order valence-electron chi connectivity index (χ2n) is 26.1. The maximum atomic E-state index is 13.3. The molecular formula is C65H120N5O20+. The van der Waals surface area contributed by atoms with Crippen LogP contribution in [-0.2, 0) is 90.5 Å². The number of aliphatic carboxylic acids is 1. The van der Waals surface area contributed by atoms with E-state index in [-0.39, 0.29) is 134 Å². The number of ether oxygens (including phenoxy) is 10. The van der Waals surface area contributed by atoms with Crippen LogP contribution in [0.15, 0.2) is 0 Å². The number of nitrogens with zero attached hydrogens (tertiary/aromatic N) is 1. The third-order valence-electron chi connectivity index (χ3n) is 13.2. The van der Waals surface area contributed by atoms with Gasteiger partial charge in [-0.3, -0.25) is 28.8 Å². The van der Waals surface area contributed by atoms with E-state index in [0.717, 1.165) is 58.0 Å². The summed E-state index contributed by atoms with van der Waals surface area (Å²) in [4.78, 5) is 112. The van der Waals surface area contributed by atoms with Crippen LogP contribution in [0.5, 0.6) is 0 Å². The van der Waals surface area contributed by atoms with Gasteiger partial charge < -0.3 is 78.2 Å². The number of quaternary nitrogens is 1. The van der Waals surface area contributed by atoms with Crippen molar-refractivity contribution in [2.75, 3.05) is 133 Å². The molecule has 0 aromatic carbocycles. The minimum atomic E-state index is -1.17. The molecule has 0 aliphatic rings. The molecule has 0 bridgehead atoms. The van der Waals surface area contributed by atoms with Gasteiger partial charge in [0, 0.05) is 51.8 Å². The number of rotatable bonds is 58. The molecule has 0 rings (SSSR count). The molecular weight excluding hydrogens is 1170 g/mol. The van der Waals surface area contributed by atoms with Gasteiger partial charge in [0.05, 0.1) is 80.2 Å². The maximum absolute atomic E-state index is 13.3. The fourth-order valence-electron chi connectivity index (χ4n) is 8.51. The minimum absolute atomic E-state index is 0.0673. The van der Waals surface area contributed by atoms with E-state index in [1.807, 2.05) is 34.9 Å². The second kappa shape index (κ2) is 51.6. The van der Waals surface area contributed by atoms with Crippen molar-refractivity contribution in [2.24, 2.45) is 0 Å². The Bertz CT molecular complexity index is 1990. The topological polar surface area (TPSA) is 314 Å². The van der Waals surface area contributed by atoms with Gasteiger partial charge in [-0.2, -0.15) is 0 Å². The van der Waals surface area contributed by atoms with Crippen molar-refractivity contribution in [3.63, 3.8) is 0 Å². The summed E-state index contributed by atoms with van der Waals surface area (Å²) in [5, 5.41) is 19.5. The van der Waals surface area contributed by atoms with Crippen molar-refractivity contribution in [1.29, 1.82) is 0 Å². The molecule has 0 heterocycles. The fraction of sp³-hybridized carbons (Fsp3) is 0.862. The molecule has 0 aliphatic heterocycles. The molecule has 90 heavy (non-hydrogen) atoms. The van der Waals surface area contributed by atoms with Gasteiger partial charge in [-0.1, -0.05) is 77.0 Å². The molecule has 524 valence electrons. The Hall–Kier alpha value is -4.89. The summed E-state index contributed by atoms with van der Waals surface area (Å²) >= 11 is 0. The molecule has 0 spiro atoms. The highest BCUT2D eigenvalue weighted by atomic mass is 16.6. The van der Waals surface area contributed by atoms with Gasteiger partial charge in [0.25, 0.3) is 0 Å². The van der Waals surface area contributed by atoms with Crippen molar-refractivity contribution in [2.45, 2.75) is 232 Å². The lowest BCUT2D eigenvalue weighted by Crippen LogP contribution is -2.47. The highest BCUT2D eigenvalue weighted by Crippen LogP contribution is 2.17. The van der Waals surface area contributed by atoms with Crippen LogP contribution in [0.1, 0.15) is 204 Å². The quantitative estimate of drug-likeness (QED) is 0.0184. The van der Waals surface area contributed by atoms with Crippen molar-refractivity contribution in [3.05, 3.63) is 0 Å². The Morgan fingerprint density at radius 2 is 0.733 bits per heavy atom. The number of carboxylic acids is 1. The van der Waals surface area contributed by atoms with E-state index in [9.17, 15) is 43.2 Å². The molecule has 4 amide bonds. The van der Waals surface area contributed by atoms with E-state index in [2.05, 4.69) is 21.3 Å². The number of likely N-dealkylation sites (N-methyl/N-ethyl adjacent to an activating group) is 1. The lowest BCUT2D eigenvalue weighted by molar-refractivity contribution is -0.891. The van der Waals surface area contributed by atoms with Gasteiger partial charge >= 0.3 is 23.9 Å². The van der Waals surface area contributed by atoms with Crippen molar-refractivity contribution >= 4 is 53.3 Å². The van der Waals surface area contributed by atoms with Crippen LogP contribution in [0.3, 0.4) is 0 Å². The minimum Gasteiger partial charge on any atom is -0.480 e. The SMILES string of the molecule is CC(C)(C)OC(=O)CCCCCCCCCCCCCCCCC(=O)N[C@@H](CCC(=O)N[C@@H](CCC(=O)NCCOCCOCC(=O)CCCOCCOCC(=O)NCCOCC[N+](C)(C)CCOCCOCC(=O)O)C(=O)OC(C)(C)C)C(=O)OC(C)(C)C. The molecule has 25 nitrogen and oxygen atoms in total. The highest BCUT2D eigenvalue weighted by molar-refractivity contribution is 5.87. The van der Waals surface area contributed by atoms with Crippen molar-refractivity contribution in [3.8, 4) is 0 Å². The molecule has 0 aromatic heterocycles. The third kappa shape index (κ3) is 58.2. The number of nitrogens with one attached hydrogen (secondary N) is 4. The average Bonchev–Trinajstić information content (AvgIpc) is 1.76. The molecule has 0 fully saturated rings. The van der Waals surface area contributed by atoms with E-state index < -0.39 is 52.7 Å². The molecule has 0 radical (unpaired) electrons. The number of carbonyl (C=O) groups is 9. The average molecular weight is 1290 g/mol. The Morgan fingerprint density at radius 3 is 1.20 bits per heavy atom. The lowest BCUT2D eigenvalue weighted by atomic mass is 10.0. The number of esters is 3. The molecule has 25 heteroatoms. The van der Waals surface area contributed by atoms with Gasteiger partial charge in [-0.15, -0.1) is 0 Å². The molecule has 2 atom stereocenters. The van der Waals surface area contributed by atoms with Gasteiger partial charge in [0.2, 0.25) is 23.6 Å². The number of unbranched alkanes of at least 4 members (excludes halogenated alkanes) is 13. The Kier molecular flexibility index (Phi) is 48.8. The van der Waals surface area contributed by atoms with E-state index in [1.54, 1.807) is 41.5 Å². The third-order valence-corrected chi connectivity index (χ3v) is 13.2. The number of carbonyl (C=O) groups excluding carboxylic acids is 8. The normalized spacial score (nSPS) is 12.6. The second-order valence-corrected chi connectivity index (χ2v) is 26.1. The first-order chi connectivity index (χ1) is 42.5. The smallest absolute Gasteiger partial charge is 0.329 e. The molecule has 0 aromatic rings. The van der Waals surface area contributed by atoms with E-state index in [1.165, 1.54) is 38.5 Å². The summed E-state index contributed by atoms with van der Waals surface area (Å²) < 4.78 is 55.0. The summed E-state index contributed by atoms with van der Waals surface area (Å²) in [6, 6.07) is -2.26. The zero-order chi connectivity index (χ0) is 67.5. The Balaban J connectivity index is 4.37. The van der Waals surface area contributed by atoms with E-state index >= 15 is 0 Å². The zero-order valence-electron chi connectivity index (χ0n) is 57.1. The standard InChI is InChI=1S/C65H119N5O20/c1-63(2,3)88-60(78)29-25-23-21-19-17-15-13-12-14-16-18-20-22-24-28-56(73)68-54(62(80)90-65(7,8)9)31-33-57(74)69-53(61(79)89-64(4,5)6)30-32-55(72)66-34-40-83-44-46-85-49-52(71)27-26-38-81-43-47-86-50-58(75)67-35-39-82-41-36-70(10,11)37-42-84-45-48-87-51-59(76)77/h53-54H,12-51H2,1-11H3,(H4-,66,67,68,69,72,73,74,75,76,77)/p+1/t53-,54-/m0/s1. The van der Waals surface area contributed by atoms with Gasteiger partial charge in [0.15, 0.2) is 5.78 Å². The van der Waals surface area contributed by atoms with Gasteiger partial charge in [-0.25, -0.2) is 14.4 Å². The molecule has 0 aliphatic carbocycles. The van der Waals surface area contributed by atoms with Crippen LogP contribution in [-0.4, -0.2) is 225 Å². The van der Waals surface area contributed by atoms with Crippen molar-refractivity contribution in [1.82, 2.24) is 21.3 Å². The van der Waals surface area contributed by atoms with E-state index in [4.69, 9.17) is 52.5 Å². The predicted octanol–water partition coefficient (Wildman–Crippen LogP) is 6.64. The number of hydrogen-bond donors (Lipinski definition) is 5. The highest BCUT2D eigenvalue weighted by Gasteiger charge is 2.30. The first kappa shape index (κ1) is 85.1. The van der Waals surface area contributed by atoms with Crippen LogP contribution in [0, 0.1) is 0 Å².